The number of benzene rings is 1. The topological polar surface area (TPSA) is 21.3 Å². The summed E-state index contributed by atoms with van der Waals surface area (Å²) >= 11 is 0. The Labute approximate surface area is 106 Å². The van der Waals surface area contributed by atoms with E-state index in [0.29, 0.717) is 17.7 Å². The molecule has 4 heteroatoms. The van der Waals surface area contributed by atoms with Crippen molar-refractivity contribution in [2.24, 2.45) is 5.92 Å². The van der Waals surface area contributed by atoms with Gasteiger partial charge in [0.15, 0.2) is 0 Å². The number of hydrogen-bond acceptors (Lipinski definition) is 2. The minimum atomic E-state index is -0.498. The molecule has 3 unspecified atom stereocenters. The zero-order chi connectivity index (χ0) is 13.3. The monoisotopic (exact) mass is 255 g/mol. The summed E-state index contributed by atoms with van der Waals surface area (Å²) in [7, 11) is 1.80. The van der Waals surface area contributed by atoms with Crippen LogP contribution in [-0.2, 0) is 4.74 Å². The number of nitrogens with one attached hydrogen (secondary N) is 1. The first-order valence-electron chi connectivity index (χ1n) is 6.29. The highest BCUT2D eigenvalue weighted by Crippen LogP contribution is 2.34. The summed E-state index contributed by atoms with van der Waals surface area (Å²) in [5, 5.41) is 3.14. The third-order valence-corrected chi connectivity index (χ3v) is 3.79. The van der Waals surface area contributed by atoms with Gasteiger partial charge in [0.1, 0.15) is 11.6 Å². The van der Waals surface area contributed by atoms with E-state index in [-0.39, 0.29) is 18.1 Å². The van der Waals surface area contributed by atoms with E-state index in [1.54, 1.807) is 20.0 Å². The molecule has 18 heavy (non-hydrogen) atoms. The molecule has 1 N–H and O–H groups in total. The van der Waals surface area contributed by atoms with Crippen molar-refractivity contribution in [3.8, 4) is 0 Å². The van der Waals surface area contributed by atoms with Crippen LogP contribution in [0.15, 0.2) is 12.1 Å². The van der Waals surface area contributed by atoms with Gasteiger partial charge in [-0.1, -0.05) is 0 Å². The maximum Gasteiger partial charge on any atom is 0.130 e. The smallest absolute Gasteiger partial charge is 0.130 e. The molecule has 0 aromatic heterocycles. The van der Waals surface area contributed by atoms with Crippen molar-refractivity contribution < 1.29 is 13.5 Å². The van der Waals surface area contributed by atoms with Gasteiger partial charge in [0, 0.05) is 30.2 Å². The Morgan fingerprint density at radius 3 is 2.61 bits per heavy atom. The van der Waals surface area contributed by atoms with Crippen LogP contribution in [0, 0.1) is 24.5 Å². The fourth-order valence-corrected chi connectivity index (χ4v) is 2.70. The molecule has 100 valence electrons. The van der Waals surface area contributed by atoms with Crippen molar-refractivity contribution >= 4 is 0 Å². The molecule has 1 heterocycles. The van der Waals surface area contributed by atoms with Gasteiger partial charge >= 0.3 is 0 Å². The Bertz CT molecular complexity index is 436. The number of halogens is 2. The summed E-state index contributed by atoms with van der Waals surface area (Å²) in [6.07, 6.45) is 0.981. The highest BCUT2D eigenvalue weighted by molar-refractivity contribution is 5.29. The molecule has 1 fully saturated rings. The Hall–Kier alpha value is -1.00. The summed E-state index contributed by atoms with van der Waals surface area (Å²) in [5.74, 6) is -0.771. The summed E-state index contributed by atoms with van der Waals surface area (Å²) in [4.78, 5) is 0. The summed E-state index contributed by atoms with van der Waals surface area (Å²) in [5.41, 5.74) is 0.997. The van der Waals surface area contributed by atoms with Crippen LogP contribution >= 0.6 is 0 Å². The van der Waals surface area contributed by atoms with Gasteiger partial charge in [-0.2, -0.15) is 0 Å². The Kier molecular flexibility index (Phi) is 3.97. The molecule has 1 aromatic carbocycles. The minimum absolute atomic E-state index is 0.0900. The van der Waals surface area contributed by atoms with Gasteiger partial charge in [0.05, 0.1) is 6.10 Å². The lowest BCUT2D eigenvalue weighted by Gasteiger charge is -2.26. The SMILES string of the molecule is CNC(c1cc(C)c(F)cc1F)C1CCOC1C. The van der Waals surface area contributed by atoms with Crippen molar-refractivity contribution in [3.63, 3.8) is 0 Å². The van der Waals surface area contributed by atoms with Crippen LogP contribution in [0.2, 0.25) is 0 Å². The molecule has 0 radical (unpaired) electrons. The molecule has 0 bridgehead atoms. The first kappa shape index (κ1) is 13.4. The molecule has 1 aliphatic rings. The second kappa shape index (κ2) is 5.33. The van der Waals surface area contributed by atoms with E-state index in [9.17, 15) is 8.78 Å². The quantitative estimate of drug-likeness (QED) is 0.896. The number of rotatable bonds is 3. The first-order chi connectivity index (χ1) is 8.54. The normalized spacial score (nSPS) is 25.4. The summed E-state index contributed by atoms with van der Waals surface area (Å²) < 4.78 is 32.7. The Morgan fingerprint density at radius 2 is 2.06 bits per heavy atom. The molecule has 1 saturated heterocycles. The van der Waals surface area contributed by atoms with E-state index in [4.69, 9.17) is 4.74 Å². The molecule has 0 amide bonds. The Morgan fingerprint density at radius 1 is 1.33 bits per heavy atom. The maximum absolute atomic E-state index is 13.9. The van der Waals surface area contributed by atoms with Crippen LogP contribution in [-0.4, -0.2) is 19.8 Å². The zero-order valence-corrected chi connectivity index (χ0v) is 11.0. The molecular weight excluding hydrogens is 236 g/mol. The van der Waals surface area contributed by atoms with E-state index in [1.807, 2.05) is 6.92 Å². The lowest BCUT2D eigenvalue weighted by molar-refractivity contribution is 0.0959. The molecule has 1 aliphatic heterocycles. The standard InChI is InChI=1S/C14H19F2NO/c1-8-6-11(13(16)7-12(8)15)14(17-3)10-4-5-18-9(10)2/h6-7,9-10,14,17H,4-5H2,1-3H3. The van der Waals surface area contributed by atoms with Crippen LogP contribution < -0.4 is 5.32 Å². The molecule has 1 aromatic rings. The van der Waals surface area contributed by atoms with Crippen LogP contribution in [0.4, 0.5) is 8.78 Å². The second-order valence-electron chi connectivity index (χ2n) is 4.92. The highest BCUT2D eigenvalue weighted by Gasteiger charge is 2.33. The van der Waals surface area contributed by atoms with Crippen molar-refractivity contribution in [3.05, 3.63) is 34.9 Å². The van der Waals surface area contributed by atoms with Crippen LogP contribution in [0.3, 0.4) is 0 Å². The third kappa shape index (κ3) is 2.40. The van der Waals surface area contributed by atoms with E-state index < -0.39 is 11.6 Å². The highest BCUT2D eigenvalue weighted by atomic mass is 19.1. The van der Waals surface area contributed by atoms with Crippen molar-refractivity contribution in [2.75, 3.05) is 13.7 Å². The predicted octanol–water partition coefficient (Wildman–Crippen LogP) is 2.96. The molecule has 2 rings (SSSR count). The van der Waals surface area contributed by atoms with Gasteiger partial charge in [-0.25, -0.2) is 8.78 Å². The van der Waals surface area contributed by atoms with Crippen molar-refractivity contribution in [1.29, 1.82) is 0 Å². The fourth-order valence-electron chi connectivity index (χ4n) is 2.70. The third-order valence-electron chi connectivity index (χ3n) is 3.79. The maximum atomic E-state index is 13.9. The molecule has 0 aliphatic carbocycles. The lowest BCUT2D eigenvalue weighted by atomic mass is 9.87. The molecule has 0 saturated carbocycles. The zero-order valence-electron chi connectivity index (χ0n) is 11.0. The van der Waals surface area contributed by atoms with Crippen molar-refractivity contribution in [1.82, 2.24) is 5.32 Å². The first-order valence-corrected chi connectivity index (χ1v) is 6.29. The van der Waals surface area contributed by atoms with E-state index >= 15 is 0 Å². The van der Waals surface area contributed by atoms with E-state index in [0.717, 1.165) is 12.5 Å². The van der Waals surface area contributed by atoms with Gasteiger partial charge in [0.25, 0.3) is 0 Å². The summed E-state index contributed by atoms with van der Waals surface area (Å²) in [6.45, 7) is 4.35. The van der Waals surface area contributed by atoms with Crippen molar-refractivity contribution in [2.45, 2.75) is 32.4 Å². The lowest BCUT2D eigenvalue weighted by Crippen LogP contribution is -2.30. The number of ether oxygens (including phenoxy) is 1. The van der Waals surface area contributed by atoms with Crippen LogP contribution in [0.5, 0.6) is 0 Å². The average molecular weight is 255 g/mol. The van der Waals surface area contributed by atoms with Gasteiger partial charge < -0.3 is 10.1 Å². The molecule has 2 nitrogen and oxygen atoms in total. The van der Waals surface area contributed by atoms with E-state index in [1.165, 1.54) is 0 Å². The number of hydrogen-bond donors (Lipinski definition) is 1. The molecule has 0 spiro atoms. The largest absolute Gasteiger partial charge is 0.378 e. The van der Waals surface area contributed by atoms with Crippen LogP contribution in [0.25, 0.3) is 0 Å². The van der Waals surface area contributed by atoms with Gasteiger partial charge in [-0.15, -0.1) is 0 Å². The van der Waals surface area contributed by atoms with Gasteiger partial charge in [0.2, 0.25) is 0 Å². The Balaban J connectivity index is 2.35. The second-order valence-corrected chi connectivity index (χ2v) is 4.92. The number of aryl methyl sites for hydroxylation is 1. The average Bonchev–Trinajstić information content (AvgIpc) is 2.73. The molecular formula is C14H19F2NO. The van der Waals surface area contributed by atoms with Gasteiger partial charge in [-0.05, 0) is 38.9 Å². The minimum Gasteiger partial charge on any atom is -0.378 e. The predicted molar refractivity (Wildman–Crippen MR) is 66.4 cm³/mol. The summed E-state index contributed by atoms with van der Waals surface area (Å²) in [6, 6.07) is 2.42. The molecule has 3 atom stereocenters. The fraction of sp³-hybridized carbons (Fsp3) is 0.571. The van der Waals surface area contributed by atoms with Gasteiger partial charge in [-0.3, -0.25) is 0 Å². The van der Waals surface area contributed by atoms with Crippen LogP contribution in [0.1, 0.15) is 30.5 Å². The van der Waals surface area contributed by atoms with E-state index in [2.05, 4.69) is 5.32 Å².